The Morgan fingerprint density at radius 1 is 1.38 bits per heavy atom. The molecule has 1 N–H and O–H groups in total. The monoisotopic (exact) mass is 357 g/mol. The number of carbonyl (C=O) groups excluding carboxylic acids is 1. The van der Waals surface area contributed by atoms with Crippen molar-refractivity contribution in [3.63, 3.8) is 0 Å². The van der Waals surface area contributed by atoms with Gasteiger partial charge in [-0.3, -0.25) is 4.79 Å². The van der Waals surface area contributed by atoms with E-state index < -0.39 is 0 Å². The van der Waals surface area contributed by atoms with Crippen LogP contribution in [-0.4, -0.2) is 40.7 Å². The fourth-order valence-corrected chi connectivity index (χ4v) is 3.83. The van der Waals surface area contributed by atoms with E-state index in [1.54, 1.807) is 0 Å². The van der Waals surface area contributed by atoms with Crippen molar-refractivity contribution in [2.75, 3.05) is 6.61 Å². The maximum Gasteiger partial charge on any atom is 0.261 e. The molecule has 1 aromatic carbocycles. The number of ether oxygens (including phenoxy) is 1. The van der Waals surface area contributed by atoms with Crippen molar-refractivity contribution in [1.82, 2.24) is 4.90 Å². The lowest BCUT2D eigenvalue weighted by Gasteiger charge is -2.37. The zero-order valence-corrected chi connectivity index (χ0v) is 13.1. The summed E-state index contributed by atoms with van der Waals surface area (Å²) < 4.78 is 19.0. The summed E-state index contributed by atoms with van der Waals surface area (Å²) in [6, 6.07) is 4.37. The molecule has 1 amide bonds. The quantitative estimate of drug-likeness (QED) is 0.903. The Labute approximate surface area is 131 Å². The Morgan fingerprint density at radius 3 is 2.67 bits per heavy atom. The van der Waals surface area contributed by atoms with Gasteiger partial charge < -0.3 is 14.7 Å². The van der Waals surface area contributed by atoms with E-state index in [0.717, 1.165) is 12.8 Å². The number of nitrogens with zero attached hydrogens (tertiary/aromatic N) is 1. The lowest BCUT2D eigenvalue weighted by molar-refractivity contribution is -0.139. The normalized spacial score (nSPS) is 27.8. The molecule has 0 spiro atoms. The third-order valence-electron chi connectivity index (χ3n) is 4.24. The predicted molar refractivity (Wildman–Crippen MR) is 78.5 cm³/mol. The number of benzene rings is 1. The first kappa shape index (κ1) is 14.8. The van der Waals surface area contributed by atoms with Crippen LogP contribution in [0, 0.1) is 5.82 Å². The Hall–Kier alpha value is -1.14. The zero-order valence-electron chi connectivity index (χ0n) is 11.5. The van der Waals surface area contributed by atoms with Crippen LogP contribution in [0.5, 0.6) is 5.75 Å². The van der Waals surface area contributed by atoms with Crippen molar-refractivity contribution < 1.29 is 19.0 Å². The number of aliphatic hydroxyl groups is 1. The molecule has 6 heteroatoms. The van der Waals surface area contributed by atoms with Gasteiger partial charge in [-0.25, -0.2) is 4.39 Å². The average molecular weight is 358 g/mol. The van der Waals surface area contributed by atoms with Crippen LogP contribution in [0.25, 0.3) is 0 Å². The van der Waals surface area contributed by atoms with Gasteiger partial charge in [-0.05, 0) is 59.8 Å². The summed E-state index contributed by atoms with van der Waals surface area (Å²) in [6.07, 6.45) is 2.92. The van der Waals surface area contributed by atoms with Gasteiger partial charge >= 0.3 is 0 Å². The number of hydrogen-bond donors (Lipinski definition) is 1. The number of aliphatic hydroxyl groups excluding tert-OH is 1. The van der Waals surface area contributed by atoms with Crippen LogP contribution >= 0.6 is 15.9 Å². The topological polar surface area (TPSA) is 49.8 Å². The molecule has 114 valence electrons. The van der Waals surface area contributed by atoms with Gasteiger partial charge in [0.15, 0.2) is 6.61 Å². The SMILES string of the molecule is O=C(COc1ccc(F)cc1Br)N1C2CCC1CC(O)C2. The van der Waals surface area contributed by atoms with Gasteiger partial charge in [-0.2, -0.15) is 0 Å². The number of piperidine rings is 1. The highest BCUT2D eigenvalue weighted by molar-refractivity contribution is 9.10. The van der Waals surface area contributed by atoms with Crippen molar-refractivity contribution in [2.24, 2.45) is 0 Å². The summed E-state index contributed by atoms with van der Waals surface area (Å²) in [6.45, 7) is -0.0622. The Bertz CT molecular complexity index is 540. The average Bonchev–Trinajstić information content (AvgIpc) is 2.70. The minimum absolute atomic E-state index is 0.0622. The van der Waals surface area contributed by atoms with Crippen molar-refractivity contribution >= 4 is 21.8 Å². The second kappa shape index (κ2) is 5.93. The number of hydrogen-bond acceptors (Lipinski definition) is 3. The first-order valence-electron chi connectivity index (χ1n) is 7.11. The van der Waals surface area contributed by atoms with Crippen LogP contribution in [-0.2, 0) is 4.79 Å². The smallest absolute Gasteiger partial charge is 0.261 e. The molecule has 3 rings (SSSR count). The summed E-state index contributed by atoms with van der Waals surface area (Å²) in [4.78, 5) is 14.2. The Balaban J connectivity index is 1.62. The van der Waals surface area contributed by atoms with Crippen molar-refractivity contribution in [3.8, 4) is 5.75 Å². The molecule has 4 nitrogen and oxygen atoms in total. The lowest BCUT2D eigenvalue weighted by atomic mass is 10.00. The predicted octanol–water partition coefficient (Wildman–Crippen LogP) is 2.48. The van der Waals surface area contributed by atoms with Gasteiger partial charge in [0.1, 0.15) is 11.6 Å². The minimum Gasteiger partial charge on any atom is -0.483 e. The first-order chi connectivity index (χ1) is 10.0. The summed E-state index contributed by atoms with van der Waals surface area (Å²) in [5.74, 6) is 0.0309. The highest BCUT2D eigenvalue weighted by Gasteiger charge is 2.42. The van der Waals surface area contributed by atoms with E-state index >= 15 is 0 Å². The Kier molecular flexibility index (Phi) is 4.17. The number of halogens is 2. The molecule has 2 aliphatic heterocycles. The summed E-state index contributed by atoms with van der Waals surface area (Å²) in [5.41, 5.74) is 0. The molecule has 0 saturated carbocycles. The van der Waals surface area contributed by atoms with E-state index in [0.29, 0.717) is 23.1 Å². The molecule has 1 aromatic rings. The fraction of sp³-hybridized carbons (Fsp3) is 0.533. The van der Waals surface area contributed by atoms with Crippen LogP contribution < -0.4 is 4.74 Å². The molecule has 21 heavy (non-hydrogen) atoms. The summed E-state index contributed by atoms with van der Waals surface area (Å²) in [5, 5.41) is 9.75. The van der Waals surface area contributed by atoms with Crippen molar-refractivity contribution in [3.05, 3.63) is 28.5 Å². The van der Waals surface area contributed by atoms with Gasteiger partial charge in [-0.15, -0.1) is 0 Å². The molecule has 2 saturated heterocycles. The van der Waals surface area contributed by atoms with Crippen molar-refractivity contribution in [1.29, 1.82) is 0 Å². The molecule has 0 radical (unpaired) electrons. The van der Waals surface area contributed by atoms with E-state index in [-0.39, 0.29) is 36.5 Å². The second-order valence-corrected chi connectivity index (χ2v) is 6.53. The number of fused-ring (bicyclic) bond motifs is 2. The molecular formula is C15H17BrFNO3. The third kappa shape index (κ3) is 3.06. The molecule has 0 aliphatic carbocycles. The molecular weight excluding hydrogens is 341 g/mol. The molecule has 2 fully saturated rings. The fourth-order valence-electron chi connectivity index (χ4n) is 3.36. The van der Waals surface area contributed by atoms with Gasteiger partial charge in [0, 0.05) is 12.1 Å². The highest BCUT2D eigenvalue weighted by Crippen LogP contribution is 2.36. The maximum atomic E-state index is 13.0. The van der Waals surface area contributed by atoms with Crippen LogP contribution in [0.2, 0.25) is 0 Å². The number of amides is 1. The van der Waals surface area contributed by atoms with Gasteiger partial charge in [0.2, 0.25) is 0 Å². The number of rotatable bonds is 3. The van der Waals surface area contributed by atoms with Crippen LogP contribution in [0.3, 0.4) is 0 Å². The third-order valence-corrected chi connectivity index (χ3v) is 4.86. The standard InChI is InChI=1S/C15H17BrFNO3/c16-13-5-9(17)1-4-14(13)21-8-15(20)18-10-2-3-11(18)7-12(19)6-10/h1,4-5,10-12,19H,2-3,6-8H2. The second-order valence-electron chi connectivity index (χ2n) is 5.67. The van der Waals surface area contributed by atoms with E-state index in [1.165, 1.54) is 18.2 Å². The van der Waals surface area contributed by atoms with Gasteiger partial charge in [-0.1, -0.05) is 0 Å². The van der Waals surface area contributed by atoms with Crippen LogP contribution in [0.1, 0.15) is 25.7 Å². The molecule has 0 aromatic heterocycles. The van der Waals surface area contributed by atoms with Gasteiger partial charge in [0.25, 0.3) is 5.91 Å². The lowest BCUT2D eigenvalue weighted by Crippen LogP contribution is -2.49. The molecule has 2 atom stereocenters. The minimum atomic E-state index is -0.358. The molecule has 2 bridgehead atoms. The maximum absolute atomic E-state index is 13.0. The van der Waals surface area contributed by atoms with Crippen molar-refractivity contribution in [2.45, 2.75) is 43.9 Å². The molecule has 2 aliphatic rings. The summed E-state index contributed by atoms with van der Waals surface area (Å²) in [7, 11) is 0. The van der Waals surface area contributed by atoms with Gasteiger partial charge in [0.05, 0.1) is 10.6 Å². The van der Waals surface area contributed by atoms with E-state index in [9.17, 15) is 14.3 Å². The van der Waals surface area contributed by atoms with Crippen LogP contribution in [0.15, 0.2) is 22.7 Å². The molecule has 2 heterocycles. The van der Waals surface area contributed by atoms with Crippen LogP contribution in [0.4, 0.5) is 4.39 Å². The zero-order chi connectivity index (χ0) is 15.0. The number of carbonyl (C=O) groups is 1. The van der Waals surface area contributed by atoms with E-state index in [2.05, 4.69) is 15.9 Å². The van der Waals surface area contributed by atoms with E-state index in [4.69, 9.17) is 4.74 Å². The highest BCUT2D eigenvalue weighted by atomic mass is 79.9. The van der Waals surface area contributed by atoms with E-state index in [1.807, 2.05) is 4.90 Å². The molecule has 2 unspecified atom stereocenters. The summed E-state index contributed by atoms with van der Waals surface area (Å²) >= 11 is 3.21. The largest absolute Gasteiger partial charge is 0.483 e. The first-order valence-corrected chi connectivity index (χ1v) is 7.91. The Morgan fingerprint density at radius 2 is 2.05 bits per heavy atom.